The van der Waals surface area contributed by atoms with Gasteiger partial charge in [0.2, 0.25) is 0 Å². The molecule has 5 nitrogen and oxygen atoms in total. The molecule has 0 amide bonds. The molecular weight excluding hydrogens is 322 g/mol. The van der Waals surface area contributed by atoms with Gasteiger partial charge < -0.3 is 5.32 Å². The minimum atomic E-state index is -3.51. The minimum Gasteiger partial charge on any atom is -0.381 e. The van der Waals surface area contributed by atoms with Crippen molar-refractivity contribution >= 4 is 25.4 Å². The zero-order valence-corrected chi connectivity index (χ0v) is 14.8. The fourth-order valence-corrected chi connectivity index (χ4v) is 4.53. The van der Waals surface area contributed by atoms with Crippen molar-refractivity contribution < 1.29 is 16.8 Å². The molecule has 0 aliphatic heterocycles. The Kier molecular flexibility index (Phi) is 4.87. The highest BCUT2D eigenvalue weighted by atomic mass is 32.2. The molecule has 7 heteroatoms. The predicted octanol–water partition coefficient (Wildman–Crippen LogP) is 2.48. The molecule has 0 radical (unpaired) electrons. The normalized spacial score (nSPS) is 23.2. The summed E-state index contributed by atoms with van der Waals surface area (Å²) < 4.78 is 47.3. The molecule has 2 atom stereocenters. The van der Waals surface area contributed by atoms with E-state index in [0.29, 0.717) is 11.6 Å². The largest absolute Gasteiger partial charge is 0.381 e. The predicted molar refractivity (Wildman–Crippen MR) is 87.7 cm³/mol. The molecule has 1 fully saturated rings. The van der Waals surface area contributed by atoms with Crippen molar-refractivity contribution in [3.8, 4) is 0 Å². The second-order valence-electron chi connectivity index (χ2n) is 6.32. The smallest absolute Gasteiger partial charge is 0.177 e. The third-order valence-electron chi connectivity index (χ3n) is 4.08. The van der Waals surface area contributed by atoms with E-state index in [4.69, 9.17) is 0 Å². The van der Waals surface area contributed by atoms with E-state index in [0.717, 1.165) is 31.8 Å². The zero-order valence-electron chi connectivity index (χ0n) is 13.2. The van der Waals surface area contributed by atoms with Crippen LogP contribution in [0.1, 0.15) is 32.6 Å². The highest BCUT2D eigenvalue weighted by molar-refractivity contribution is 7.91. The summed E-state index contributed by atoms with van der Waals surface area (Å²) in [7, 11) is -6.94. The van der Waals surface area contributed by atoms with E-state index in [2.05, 4.69) is 12.2 Å². The van der Waals surface area contributed by atoms with Gasteiger partial charge in [0.15, 0.2) is 19.7 Å². The Bertz CT molecular complexity index is 754. The first-order chi connectivity index (χ1) is 10.1. The lowest BCUT2D eigenvalue weighted by Gasteiger charge is -2.29. The van der Waals surface area contributed by atoms with Crippen LogP contribution in [-0.4, -0.2) is 35.4 Å². The van der Waals surface area contributed by atoms with Crippen LogP contribution < -0.4 is 5.32 Å². The second-order valence-corrected chi connectivity index (χ2v) is 10.3. The van der Waals surface area contributed by atoms with Gasteiger partial charge in [0.1, 0.15) is 0 Å². The molecule has 1 aromatic carbocycles. The summed E-state index contributed by atoms with van der Waals surface area (Å²) in [6.45, 7) is 2.19. The van der Waals surface area contributed by atoms with Crippen LogP contribution in [0.3, 0.4) is 0 Å². The molecule has 0 spiro atoms. The molecule has 0 heterocycles. The van der Waals surface area contributed by atoms with Crippen molar-refractivity contribution in [2.24, 2.45) is 5.92 Å². The number of nitrogens with one attached hydrogen (secondary N) is 1. The minimum absolute atomic E-state index is 0.0236. The van der Waals surface area contributed by atoms with Gasteiger partial charge in [-0.05, 0) is 37.0 Å². The fraction of sp³-hybridized carbons (Fsp3) is 0.600. The topological polar surface area (TPSA) is 80.3 Å². The van der Waals surface area contributed by atoms with E-state index in [-0.39, 0.29) is 15.8 Å². The highest BCUT2D eigenvalue weighted by Gasteiger charge is 2.22. The second kappa shape index (κ2) is 6.20. The van der Waals surface area contributed by atoms with Crippen molar-refractivity contribution in [3.05, 3.63) is 18.2 Å². The van der Waals surface area contributed by atoms with Gasteiger partial charge in [-0.3, -0.25) is 0 Å². The van der Waals surface area contributed by atoms with Gasteiger partial charge in [0.05, 0.1) is 15.5 Å². The van der Waals surface area contributed by atoms with Gasteiger partial charge in [-0.2, -0.15) is 0 Å². The highest BCUT2D eigenvalue weighted by Crippen LogP contribution is 2.30. The molecule has 1 aromatic rings. The van der Waals surface area contributed by atoms with Gasteiger partial charge >= 0.3 is 0 Å². The summed E-state index contributed by atoms with van der Waals surface area (Å²) >= 11 is 0. The molecule has 124 valence electrons. The van der Waals surface area contributed by atoms with Crippen LogP contribution in [0.2, 0.25) is 0 Å². The SMILES string of the molecule is CC1CCCC(Nc2ccc(S(C)(=O)=O)cc2S(C)(=O)=O)C1. The summed E-state index contributed by atoms with van der Waals surface area (Å²) in [4.78, 5) is 0.0733. The van der Waals surface area contributed by atoms with E-state index in [1.165, 1.54) is 18.6 Å². The molecule has 1 saturated carbocycles. The Labute approximate surface area is 133 Å². The number of rotatable bonds is 4. The zero-order chi connectivity index (χ0) is 16.5. The molecule has 0 saturated heterocycles. The molecule has 1 aliphatic carbocycles. The van der Waals surface area contributed by atoms with Crippen molar-refractivity contribution in [2.75, 3.05) is 17.8 Å². The summed E-state index contributed by atoms with van der Waals surface area (Å²) in [6, 6.07) is 4.50. The number of benzene rings is 1. The third-order valence-corrected chi connectivity index (χ3v) is 6.32. The molecular formula is C15H23NO4S2. The van der Waals surface area contributed by atoms with Gasteiger partial charge in [-0.1, -0.05) is 19.8 Å². The standard InChI is InChI=1S/C15H23NO4S2/c1-11-5-4-6-12(9-11)16-14-8-7-13(21(2,17)18)10-15(14)22(3,19)20/h7-8,10-12,16H,4-6,9H2,1-3H3. The van der Waals surface area contributed by atoms with E-state index in [1.807, 2.05) is 0 Å². The maximum atomic E-state index is 12.0. The van der Waals surface area contributed by atoms with Crippen LogP contribution in [0.4, 0.5) is 5.69 Å². The van der Waals surface area contributed by atoms with Gasteiger partial charge in [0.25, 0.3) is 0 Å². The Balaban J connectivity index is 2.39. The Morgan fingerprint density at radius 2 is 1.73 bits per heavy atom. The lowest BCUT2D eigenvalue weighted by atomic mass is 9.87. The third kappa shape index (κ3) is 4.23. The van der Waals surface area contributed by atoms with Crippen LogP contribution in [0.15, 0.2) is 28.0 Å². The summed E-state index contributed by atoms with van der Waals surface area (Å²) in [6.07, 6.45) is 6.49. The van der Waals surface area contributed by atoms with Crippen molar-refractivity contribution in [1.29, 1.82) is 0 Å². The number of hydrogen-bond donors (Lipinski definition) is 1. The Morgan fingerprint density at radius 1 is 1.05 bits per heavy atom. The van der Waals surface area contributed by atoms with Gasteiger partial charge in [-0.15, -0.1) is 0 Å². The Morgan fingerprint density at radius 3 is 2.27 bits per heavy atom. The monoisotopic (exact) mass is 345 g/mol. The first-order valence-corrected chi connectivity index (χ1v) is 11.2. The van der Waals surface area contributed by atoms with E-state index in [9.17, 15) is 16.8 Å². The van der Waals surface area contributed by atoms with Gasteiger partial charge in [0, 0.05) is 18.6 Å². The van der Waals surface area contributed by atoms with Crippen LogP contribution in [0, 0.1) is 5.92 Å². The van der Waals surface area contributed by atoms with Crippen LogP contribution in [0.25, 0.3) is 0 Å². The summed E-state index contributed by atoms with van der Waals surface area (Å²) in [5.41, 5.74) is 0.494. The molecule has 2 rings (SSSR count). The quantitative estimate of drug-likeness (QED) is 0.907. The van der Waals surface area contributed by atoms with E-state index in [1.54, 1.807) is 6.07 Å². The molecule has 22 heavy (non-hydrogen) atoms. The van der Waals surface area contributed by atoms with Crippen molar-refractivity contribution in [1.82, 2.24) is 0 Å². The van der Waals surface area contributed by atoms with Crippen LogP contribution in [0.5, 0.6) is 0 Å². The molecule has 0 aromatic heterocycles. The van der Waals surface area contributed by atoms with Crippen LogP contribution in [-0.2, 0) is 19.7 Å². The number of sulfone groups is 2. The molecule has 1 N–H and O–H groups in total. The first kappa shape index (κ1) is 17.3. The summed E-state index contributed by atoms with van der Waals surface area (Å²) in [5.74, 6) is 0.614. The fourth-order valence-electron chi connectivity index (χ4n) is 2.94. The number of anilines is 1. The number of hydrogen-bond acceptors (Lipinski definition) is 5. The summed E-state index contributed by atoms with van der Waals surface area (Å²) in [5, 5.41) is 3.29. The molecule has 0 bridgehead atoms. The van der Waals surface area contributed by atoms with Crippen molar-refractivity contribution in [3.63, 3.8) is 0 Å². The van der Waals surface area contributed by atoms with Crippen molar-refractivity contribution in [2.45, 2.75) is 48.4 Å². The van der Waals surface area contributed by atoms with Gasteiger partial charge in [-0.25, -0.2) is 16.8 Å². The molecule has 2 unspecified atom stereocenters. The van der Waals surface area contributed by atoms with E-state index < -0.39 is 19.7 Å². The lowest BCUT2D eigenvalue weighted by molar-refractivity contribution is 0.358. The average Bonchev–Trinajstić information content (AvgIpc) is 2.36. The average molecular weight is 345 g/mol. The lowest BCUT2D eigenvalue weighted by Crippen LogP contribution is -2.27. The maximum absolute atomic E-state index is 12.0. The maximum Gasteiger partial charge on any atom is 0.177 e. The molecule has 1 aliphatic rings. The first-order valence-electron chi connectivity index (χ1n) is 7.38. The van der Waals surface area contributed by atoms with Crippen LogP contribution >= 0.6 is 0 Å². The Hall–Kier alpha value is -1.08. The van der Waals surface area contributed by atoms with E-state index >= 15 is 0 Å².